The van der Waals surface area contributed by atoms with Crippen LogP contribution in [0.2, 0.25) is 0 Å². The van der Waals surface area contributed by atoms with Crippen molar-refractivity contribution in [3.8, 4) is 17.0 Å². The van der Waals surface area contributed by atoms with E-state index in [9.17, 15) is 4.79 Å². The zero-order valence-electron chi connectivity index (χ0n) is 17.2. The van der Waals surface area contributed by atoms with E-state index in [4.69, 9.17) is 4.74 Å². The summed E-state index contributed by atoms with van der Waals surface area (Å²) in [6.07, 6.45) is 5.16. The Kier molecular flexibility index (Phi) is 5.84. The van der Waals surface area contributed by atoms with Gasteiger partial charge in [-0.3, -0.25) is 9.78 Å². The second-order valence-electron chi connectivity index (χ2n) is 6.84. The van der Waals surface area contributed by atoms with Gasteiger partial charge in [-0.15, -0.1) is 0 Å². The number of nitrogens with zero attached hydrogens (tertiary/aromatic N) is 3. The van der Waals surface area contributed by atoms with Gasteiger partial charge in [0, 0.05) is 41.1 Å². The molecule has 7 nitrogen and oxygen atoms in total. The number of nitrogens with one attached hydrogen (secondary N) is 2. The molecular formula is C24H21N5O2. The number of amides is 1. The minimum atomic E-state index is -0.201. The minimum Gasteiger partial charge on any atom is -0.497 e. The number of aromatic nitrogens is 3. The minimum absolute atomic E-state index is 0.201. The van der Waals surface area contributed by atoms with Crippen LogP contribution in [-0.2, 0) is 0 Å². The number of benzene rings is 2. The van der Waals surface area contributed by atoms with Crippen LogP contribution in [0.5, 0.6) is 5.75 Å². The van der Waals surface area contributed by atoms with Crippen molar-refractivity contribution in [2.75, 3.05) is 17.7 Å². The Morgan fingerprint density at radius 3 is 2.45 bits per heavy atom. The molecule has 154 valence electrons. The standard InChI is InChI=1S/C24H21N5O2/c1-16-3-6-19(27-23(30)18-4-7-20(31-2)8-5-18)15-22(16)29-24-26-14-11-21(28-24)17-9-12-25-13-10-17/h3-15H,1-2H3,(H,27,30)(H,26,28,29). The summed E-state index contributed by atoms with van der Waals surface area (Å²) >= 11 is 0. The molecule has 0 saturated heterocycles. The van der Waals surface area contributed by atoms with Gasteiger partial charge < -0.3 is 15.4 Å². The smallest absolute Gasteiger partial charge is 0.255 e. The van der Waals surface area contributed by atoms with E-state index in [1.165, 1.54) is 0 Å². The average molecular weight is 411 g/mol. The Balaban J connectivity index is 1.52. The maximum absolute atomic E-state index is 12.6. The van der Waals surface area contributed by atoms with Gasteiger partial charge in [0.25, 0.3) is 5.91 Å². The number of carbonyl (C=O) groups excluding carboxylic acids is 1. The normalized spacial score (nSPS) is 10.4. The summed E-state index contributed by atoms with van der Waals surface area (Å²) in [6, 6.07) is 18.2. The molecule has 0 atom stereocenters. The maximum atomic E-state index is 12.6. The molecule has 31 heavy (non-hydrogen) atoms. The van der Waals surface area contributed by atoms with Crippen molar-refractivity contribution in [3.05, 3.63) is 90.4 Å². The Hall–Kier alpha value is -4.26. The molecule has 7 heteroatoms. The summed E-state index contributed by atoms with van der Waals surface area (Å²) in [4.78, 5) is 25.5. The van der Waals surface area contributed by atoms with Gasteiger partial charge in [0.1, 0.15) is 5.75 Å². The van der Waals surface area contributed by atoms with Crippen LogP contribution in [0.3, 0.4) is 0 Å². The van der Waals surface area contributed by atoms with E-state index in [0.29, 0.717) is 22.9 Å². The summed E-state index contributed by atoms with van der Waals surface area (Å²) in [5, 5.41) is 6.16. The van der Waals surface area contributed by atoms with E-state index >= 15 is 0 Å². The molecule has 4 rings (SSSR count). The molecule has 1 amide bonds. The van der Waals surface area contributed by atoms with Crippen molar-refractivity contribution in [3.63, 3.8) is 0 Å². The Morgan fingerprint density at radius 2 is 1.71 bits per heavy atom. The predicted octanol–water partition coefficient (Wildman–Crippen LogP) is 4.85. The molecule has 2 aromatic heterocycles. The van der Waals surface area contributed by atoms with Crippen LogP contribution in [0.25, 0.3) is 11.3 Å². The van der Waals surface area contributed by atoms with Crippen molar-refractivity contribution in [1.82, 2.24) is 15.0 Å². The first-order chi connectivity index (χ1) is 15.1. The molecule has 2 heterocycles. The number of hydrogen-bond donors (Lipinski definition) is 2. The molecular weight excluding hydrogens is 390 g/mol. The summed E-state index contributed by atoms with van der Waals surface area (Å²) in [5.41, 5.74) is 4.77. The largest absolute Gasteiger partial charge is 0.497 e. The second-order valence-corrected chi connectivity index (χ2v) is 6.84. The number of aryl methyl sites for hydroxylation is 1. The quantitative estimate of drug-likeness (QED) is 0.471. The van der Waals surface area contributed by atoms with E-state index in [1.807, 2.05) is 43.3 Å². The number of anilines is 3. The number of pyridine rings is 1. The Morgan fingerprint density at radius 1 is 0.935 bits per heavy atom. The summed E-state index contributed by atoms with van der Waals surface area (Å²) < 4.78 is 5.13. The van der Waals surface area contributed by atoms with Crippen molar-refractivity contribution >= 4 is 23.2 Å². The van der Waals surface area contributed by atoms with Crippen molar-refractivity contribution in [1.29, 1.82) is 0 Å². The molecule has 0 fully saturated rings. The highest BCUT2D eigenvalue weighted by Crippen LogP contribution is 2.25. The lowest BCUT2D eigenvalue weighted by Gasteiger charge is -2.12. The molecule has 0 bridgehead atoms. The number of carbonyl (C=O) groups is 1. The van der Waals surface area contributed by atoms with Gasteiger partial charge >= 0.3 is 0 Å². The summed E-state index contributed by atoms with van der Waals surface area (Å²) in [5.74, 6) is 0.969. The molecule has 0 radical (unpaired) electrons. The highest BCUT2D eigenvalue weighted by atomic mass is 16.5. The lowest BCUT2D eigenvalue weighted by atomic mass is 10.1. The number of hydrogen-bond acceptors (Lipinski definition) is 6. The SMILES string of the molecule is COc1ccc(C(=O)Nc2ccc(C)c(Nc3nccc(-c4ccncc4)n3)c2)cc1. The first-order valence-corrected chi connectivity index (χ1v) is 9.69. The first-order valence-electron chi connectivity index (χ1n) is 9.69. The highest BCUT2D eigenvalue weighted by Gasteiger charge is 2.09. The molecule has 0 saturated carbocycles. The topological polar surface area (TPSA) is 89.0 Å². The average Bonchev–Trinajstić information content (AvgIpc) is 2.82. The van der Waals surface area contributed by atoms with Crippen LogP contribution in [0.4, 0.5) is 17.3 Å². The molecule has 4 aromatic rings. The van der Waals surface area contributed by atoms with Crippen molar-refractivity contribution < 1.29 is 9.53 Å². The maximum Gasteiger partial charge on any atom is 0.255 e. The van der Waals surface area contributed by atoms with Crippen molar-refractivity contribution in [2.45, 2.75) is 6.92 Å². The zero-order chi connectivity index (χ0) is 21.6. The number of methoxy groups -OCH3 is 1. The van der Waals surface area contributed by atoms with Gasteiger partial charge in [0.2, 0.25) is 5.95 Å². The van der Waals surface area contributed by atoms with E-state index < -0.39 is 0 Å². The fourth-order valence-electron chi connectivity index (χ4n) is 3.00. The van der Waals surface area contributed by atoms with Gasteiger partial charge in [-0.05, 0) is 67.1 Å². The van der Waals surface area contributed by atoms with Gasteiger partial charge in [-0.2, -0.15) is 0 Å². The number of ether oxygens (including phenoxy) is 1. The van der Waals surface area contributed by atoms with E-state index in [1.54, 1.807) is 50.0 Å². The first kappa shape index (κ1) is 20.0. The molecule has 2 aromatic carbocycles. The molecule has 0 aliphatic rings. The lowest BCUT2D eigenvalue weighted by molar-refractivity contribution is 0.102. The molecule has 0 aliphatic carbocycles. The van der Waals surface area contributed by atoms with Crippen LogP contribution in [0.15, 0.2) is 79.3 Å². The Bertz CT molecular complexity index is 1190. The van der Waals surface area contributed by atoms with Gasteiger partial charge in [-0.25, -0.2) is 9.97 Å². The zero-order valence-corrected chi connectivity index (χ0v) is 17.2. The molecule has 0 spiro atoms. The molecule has 2 N–H and O–H groups in total. The number of rotatable bonds is 6. The highest BCUT2D eigenvalue weighted by molar-refractivity contribution is 6.04. The van der Waals surface area contributed by atoms with Gasteiger partial charge in [0.05, 0.1) is 12.8 Å². The van der Waals surface area contributed by atoms with E-state index in [2.05, 4.69) is 25.6 Å². The lowest BCUT2D eigenvalue weighted by Crippen LogP contribution is -2.12. The van der Waals surface area contributed by atoms with E-state index in [-0.39, 0.29) is 5.91 Å². The monoisotopic (exact) mass is 411 g/mol. The molecule has 0 aliphatic heterocycles. The summed E-state index contributed by atoms with van der Waals surface area (Å²) in [7, 11) is 1.59. The third-order valence-electron chi connectivity index (χ3n) is 4.73. The van der Waals surface area contributed by atoms with Crippen LogP contribution < -0.4 is 15.4 Å². The van der Waals surface area contributed by atoms with Gasteiger partial charge in [0.15, 0.2) is 0 Å². The fourth-order valence-corrected chi connectivity index (χ4v) is 3.00. The molecule has 0 unspecified atom stereocenters. The summed E-state index contributed by atoms with van der Waals surface area (Å²) in [6.45, 7) is 1.98. The van der Waals surface area contributed by atoms with Crippen LogP contribution in [0.1, 0.15) is 15.9 Å². The Labute approximate surface area is 180 Å². The van der Waals surface area contributed by atoms with E-state index in [0.717, 1.165) is 22.5 Å². The third kappa shape index (κ3) is 4.84. The van der Waals surface area contributed by atoms with Crippen molar-refractivity contribution in [2.24, 2.45) is 0 Å². The van der Waals surface area contributed by atoms with Crippen LogP contribution >= 0.6 is 0 Å². The van der Waals surface area contributed by atoms with Crippen LogP contribution in [0, 0.1) is 6.92 Å². The fraction of sp³-hybridized carbons (Fsp3) is 0.0833. The van der Waals surface area contributed by atoms with Crippen LogP contribution in [-0.4, -0.2) is 28.0 Å². The third-order valence-corrected chi connectivity index (χ3v) is 4.73. The predicted molar refractivity (Wildman–Crippen MR) is 121 cm³/mol. The van der Waals surface area contributed by atoms with Gasteiger partial charge in [-0.1, -0.05) is 6.07 Å². The second kappa shape index (κ2) is 9.04.